The molecule has 0 fully saturated rings. The monoisotopic (exact) mass is 515 g/mol. The number of nitrogens with one attached hydrogen (secondary N) is 2. The summed E-state index contributed by atoms with van der Waals surface area (Å²) in [5.74, 6) is 1.20. The highest BCUT2D eigenvalue weighted by Crippen LogP contribution is 2.26. The van der Waals surface area contributed by atoms with Gasteiger partial charge in [0.2, 0.25) is 0 Å². The maximum Gasteiger partial charge on any atom is 0.387 e. The normalized spacial score (nSPS) is 11.1. The molecule has 0 spiro atoms. The predicted octanol–water partition coefficient (Wildman–Crippen LogP) is 4.18. The summed E-state index contributed by atoms with van der Waals surface area (Å²) in [6.07, 6.45) is 2.74. The third kappa shape index (κ3) is 11.5. The molecule has 0 aliphatic heterocycles. The van der Waals surface area contributed by atoms with E-state index in [4.69, 9.17) is 9.47 Å². The molecule has 0 unspecified atom stereocenters. The van der Waals surface area contributed by atoms with E-state index in [0.717, 1.165) is 39.0 Å². The van der Waals surface area contributed by atoms with Crippen LogP contribution >= 0.6 is 24.0 Å². The molecule has 0 atom stereocenters. The lowest BCUT2D eigenvalue weighted by Gasteiger charge is -2.16. The average molecular weight is 515 g/mol. The Balaban J connectivity index is 0.00000729. The van der Waals surface area contributed by atoms with Gasteiger partial charge < -0.3 is 24.8 Å². The fourth-order valence-corrected chi connectivity index (χ4v) is 2.28. The molecule has 0 heterocycles. The SMILES string of the molecule is CCCOc1ccc(CNC(=NC)NCCCCOCC)c(OC(F)F)c1.I. The lowest BCUT2D eigenvalue weighted by Crippen LogP contribution is -2.37. The minimum atomic E-state index is -2.90. The van der Waals surface area contributed by atoms with E-state index in [-0.39, 0.29) is 29.7 Å². The number of benzene rings is 1. The van der Waals surface area contributed by atoms with E-state index < -0.39 is 6.61 Å². The second-order valence-corrected chi connectivity index (χ2v) is 5.75. The topological polar surface area (TPSA) is 64.1 Å². The molecule has 2 N–H and O–H groups in total. The zero-order valence-electron chi connectivity index (χ0n) is 16.8. The van der Waals surface area contributed by atoms with Crippen molar-refractivity contribution in [3.8, 4) is 11.5 Å². The Hall–Kier alpha value is -1.36. The van der Waals surface area contributed by atoms with E-state index in [1.54, 1.807) is 19.2 Å². The maximum atomic E-state index is 12.7. The minimum Gasteiger partial charge on any atom is -0.493 e. The van der Waals surface area contributed by atoms with Crippen LogP contribution in [0.1, 0.15) is 38.7 Å². The van der Waals surface area contributed by atoms with Crippen LogP contribution in [0.2, 0.25) is 0 Å². The van der Waals surface area contributed by atoms with Crippen LogP contribution in [0.4, 0.5) is 8.78 Å². The number of aliphatic imine (C=N–C) groups is 1. The maximum absolute atomic E-state index is 12.7. The van der Waals surface area contributed by atoms with Gasteiger partial charge in [-0.2, -0.15) is 8.78 Å². The predicted molar refractivity (Wildman–Crippen MR) is 118 cm³/mol. The number of rotatable bonds is 13. The molecule has 0 radical (unpaired) electrons. The molecule has 0 saturated carbocycles. The van der Waals surface area contributed by atoms with E-state index in [9.17, 15) is 8.78 Å². The van der Waals surface area contributed by atoms with Gasteiger partial charge in [-0.05, 0) is 38.3 Å². The molecular weight excluding hydrogens is 483 g/mol. The molecule has 1 rings (SSSR count). The summed E-state index contributed by atoms with van der Waals surface area (Å²) in [6.45, 7) is 4.08. The van der Waals surface area contributed by atoms with Crippen molar-refractivity contribution in [3.63, 3.8) is 0 Å². The molecule has 0 bridgehead atoms. The first kappa shape index (κ1) is 26.6. The van der Waals surface area contributed by atoms with Crippen LogP contribution in [0.25, 0.3) is 0 Å². The van der Waals surface area contributed by atoms with Crippen LogP contribution in [0.5, 0.6) is 11.5 Å². The summed E-state index contributed by atoms with van der Waals surface area (Å²) in [6, 6.07) is 4.95. The van der Waals surface area contributed by atoms with Crippen LogP contribution in [-0.2, 0) is 11.3 Å². The van der Waals surface area contributed by atoms with Gasteiger partial charge in [0, 0.05) is 45.0 Å². The van der Waals surface area contributed by atoms with Crippen molar-refractivity contribution in [3.05, 3.63) is 23.8 Å². The molecule has 6 nitrogen and oxygen atoms in total. The standard InChI is InChI=1S/C19H31F2N3O3.HI/c1-4-11-26-16-9-8-15(17(13-16)27-18(20)21)14-24-19(22-3)23-10-6-7-12-25-5-2;/h8-9,13,18H,4-7,10-12,14H2,1-3H3,(H2,22,23,24);1H. The van der Waals surface area contributed by atoms with Gasteiger partial charge in [0.1, 0.15) is 11.5 Å². The molecule has 28 heavy (non-hydrogen) atoms. The number of hydrogen-bond donors (Lipinski definition) is 2. The summed E-state index contributed by atoms with van der Waals surface area (Å²) >= 11 is 0. The van der Waals surface area contributed by atoms with Crippen LogP contribution in [-0.4, -0.2) is 46.0 Å². The molecule has 162 valence electrons. The number of alkyl halides is 2. The van der Waals surface area contributed by atoms with E-state index in [1.807, 2.05) is 13.8 Å². The fraction of sp³-hybridized carbons (Fsp3) is 0.632. The zero-order chi connectivity index (χ0) is 19.9. The Morgan fingerprint density at radius 2 is 1.93 bits per heavy atom. The minimum absolute atomic E-state index is 0. The highest BCUT2D eigenvalue weighted by atomic mass is 127. The molecule has 0 aromatic heterocycles. The van der Waals surface area contributed by atoms with Gasteiger partial charge in [-0.25, -0.2) is 0 Å². The van der Waals surface area contributed by atoms with Crippen molar-refractivity contribution in [1.29, 1.82) is 0 Å². The van der Waals surface area contributed by atoms with Crippen molar-refractivity contribution in [1.82, 2.24) is 10.6 Å². The number of hydrogen-bond acceptors (Lipinski definition) is 4. The summed E-state index contributed by atoms with van der Waals surface area (Å²) in [7, 11) is 1.66. The number of nitrogens with zero attached hydrogens (tertiary/aromatic N) is 1. The molecule has 1 aromatic rings. The molecular formula is C19H32F2IN3O3. The third-order valence-electron chi connectivity index (χ3n) is 3.61. The highest BCUT2D eigenvalue weighted by molar-refractivity contribution is 14.0. The number of unbranched alkanes of at least 4 members (excludes halogenated alkanes) is 1. The first-order valence-electron chi connectivity index (χ1n) is 9.33. The van der Waals surface area contributed by atoms with Crippen molar-refractivity contribution in [2.45, 2.75) is 46.3 Å². The summed E-state index contributed by atoms with van der Waals surface area (Å²) in [5.41, 5.74) is 0.596. The zero-order valence-corrected chi connectivity index (χ0v) is 19.1. The van der Waals surface area contributed by atoms with Crippen LogP contribution in [0, 0.1) is 0 Å². The largest absolute Gasteiger partial charge is 0.493 e. The van der Waals surface area contributed by atoms with E-state index in [2.05, 4.69) is 20.4 Å². The van der Waals surface area contributed by atoms with Crippen LogP contribution in [0.3, 0.4) is 0 Å². The van der Waals surface area contributed by atoms with Gasteiger partial charge in [0.15, 0.2) is 5.96 Å². The summed E-state index contributed by atoms with van der Waals surface area (Å²) in [5, 5.41) is 6.29. The smallest absolute Gasteiger partial charge is 0.387 e. The Labute approximate surface area is 183 Å². The Morgan fingerprint density at radius 1 is 1.14 bits per heavy atom. The van der Waals surface area contributed by atoms with E-state index >= 15 is 0 Å². The molecule has 9 heteroatoms. The van der Waals surface area contributed by atoms with Crippen molar-refractivity contribution in [2.24, 2.45) is 4.99 Å². The molecule has 0 aliphatic rings. The number of ether oxygens (including phenoxy) is 3. The lowest BCUT2D eigenvalue weighted by molar-refractivity contribution is -0.0505. The van der Waals surface area contributed by atoms with Crippen molar-refractivity contribution in [2.75, 3.05) is 33.4 Å². The van der Waals surface area contributed by atoms with Crippen LogP contribution < -0.4 is 20.1 Å². The fourth-order valence-electron chi connectivity index (χ4n) is 2.28. The van der Waals surface area contributed by atoms with E-state index in [1.165, 1.54) is 6.07 Å². The second-order valence-electron chi connectivity index (χ2n) is 5.75. The van der Waals surface area contributed by atoms with Crippen molar-refractivity contribution < 1.29 is 23.0 Å². The first-order valence-corrected chi connectivity index (χ1v) is 9.33. The Kier molecular flexibility index (Phi) is 15.8. The molecule has 0 aliphatic carbocycles. The van der Waals surface area contributed by atoms with Gasteiger partial charge in [0.25, 0.3) is 0 Å². The van der Waals surface area contributed by atoms with E-state index in [0.29, 0.717) is 30.4 Å². The van der Waals surface area contributed by atoms with Crippen LogP contribution in [0.15, 0.2) is 23.2 Å². The second kappa shape index (κ2) is 16.6. The highest BCUT2D eigenvalue weighted by Gasteiger charge is 2.12. The van der Waals surface area contributed by atoms with Gasteiger partial charge >= 0.3 is 6.61 Å². The molecule has 1 aromatic carbocycles. The van der Waals surface area contributed by atoms with Gasteiger partial charge in [-0.3, -0.25) is 4.99 Å². The first-order chi connectivity index (χ1) is 13.1. The number of halogens is 3. The molecule has 0 amide bonds. The average Bonchev–Trinajstić information content (AvgIpc) is 2.65. The summed E-state index contributed by atoms with van der Waals surface area (Å²) in [4.78, 5) is 4.14. The quantitative estimate of drug-likeness (QED) is 0.179. The summed E-state index contributed by atoms with van der Waals surface area (Å²) < 4.78 is 40.8. The lowest BCUT2D eigenvalue weighted by atomic mass is 10.2. The van der Waals surface area contributed by atoms with Gasteiger partial charge in [-0.15, -0.1) is 24.0 Å². The van der Waals surface area contributed by atoms with Crippen molar-refractivity contribution >= 4 is 29.9 Å². The number of guanidine groups is 1. The third-order valence-corrected chi connectivity index (χ3v) is 3.61. The van der Waals surface area contributed by atoms with Gasteiger partial charge in [0.05, 0.1) is 6.61 Å². The Morgan fingerprint density at radius 3 is 2.57 bits per heavy atom. The van der Waals surface area contributed by atoms with Gasteiger partial charge in [-0.1, -0.05) is 6.92 Å². The molecule has 0 saturated heterocycles. The Bertz CT molecular complexity index is 563.